The Hall–Kier alpha value is -1.86. The molecule has 0 saturated heterocycles. The molecule has 0 spiro atoms. The molecular weight excluding hydrogens is 316 g/mol. The highest BCUT2D eigenvalue weighted by Crippen LogP contribution is 2.29. The molecule has 0 amide bonds. The maximum atomic E-state index is 12.8. The fraction of sp³-hybridized carbons (Fsp3) is 0.438. The predicted molar refractivity (Wildman–Crippen MR) is 88.9 cm³/mol. The zero-order valence-corrected chi connectivity index (χ0v) is 14.4. The molecule has 1 aromatic carbocycles. The number of carbonyl (C=O) groups is 1. The van der Waals surface area contributed by atoms with Gasteiger partial charge in [-0.1, -0.05) is 38.0 Å². The molecule has 0 aliphatic rings. The molecule has 0 bridgehead atoms. The number of nitrogens with zero attached hydrogens (tertiary/aromatic N) is 1. The maximum Gasteiger partial charge on any atom is 0.321 e. The third-order valence-electron chi connectivity index (χ3n) is 4.05. The summed E-state index contributed by atoms with van der Waals surface area (Å²) in [5.74, 6) is -1.15. The molecule has 0 unspecified atom stereocenters. The number of benzene rings is 1. The largest absolute Gasteiger partial charge is 0.480 e. The minimum Gasteiger partial charge on any atom is -0.480 e. The van der Waals surface area contributed by atoms with Crippen LogP contribution in [0.4, 0.5) is 0 Å². The highest BCUT2D eigenvalue weighted by Gasteiger charge is 2.29. The van der Waals surface area contributed by atoms with Crippen LogP contribution in [0.5, 0.6) is 0 Å². The number of aryl methyl sites for hydroxylation is 1. The molecule has 2 aromatic rings. The number of carboxylic acids is 1. The van der Waals surface area contributed by atoms with E-state index in [1.165, 1.54) is 0 Å². The summed E-state index contributed by atoms with van der Waals surface area (Å²) in [5, 5.41) is 9.86. The molecule has 1 heterocycles. The first kappa shape index (κ1) is 17.5. The molecule has 23 heavy (non-hydrogen) atoms. The highest BCUT2D eigenvalue weighted by atomic mass is 32.2. The van der Waals surface area contributed by atoms with E-state index in [1.807, 2.05) is 19.1 Å². The van der Waals surface area contributed by atoms with Gasteiger partial charge in [-0.05, 0) is 19.4 Å². The van der Waals surface area contributed by atoms with Crippen molar-refractivity contribution in [1.29, 1.82) is 0 Å². The summed E-state index contributed by atoms with van der Waals surface area (Å²) in [5.41, 5.74) is 1.38. The Morgan fingerprint density at radius 3 is 2.61 bits per heavy atom. The van der Waals surface area contributed by atoms with Gasteiger partial charge in [0.05, 0.1) is 0 Å². The fourth-order valence-electron chi connectivity index (χ4n) is 2.71. The molecular formula is C16H22N2O4S. The quantitative estimate of drug-likeness (QED) is 0.811. The van der Waals surface area contributed by atoms with Gasteiger partial charge in [0, 0.05) is 23.6 Å². The lowest BCUT2D eigenvalue weighted by Gasteiger charge is -2.14. The van der Waals surface area contributed by atoms with E-state index in [1.54, 1.807) is 30.7 Å². The monoisotopic (exact) mass is 338 g/mol. The first-order valence-electron chi connectivity index (χ1n) is 7.58. The van der Waals surface area contributed by atoms with Crippen molar-refractivity contribution in [2.24, 2.45) is 7.05 Å². The molecule has 0 aliphatic carbocycles. The first-order chi connectivity index (χ1) is 10.8. The molecule has 6 nitrogen and oxygen atoms in total. The summed E-state index contributed by atoms with van der Waals surface area (Å²) in [6.45, 7) is 3.65. The molecule has 0 fully saturated rings. The lowest BCUT2D eigenvalue weighted by atomic mass is 10.1. The van der Waals surface area contributed by atoms with Crippen LogP contribution in [0.3, 0.4) is 0 Å². The lowest BCUT2D eigenvalue weighted by molar-refractivity contribution is -0.139. The van der Waals surface area contributed by atoms with E-state index in [-0.39, 0.29) is 11.3 Å². The summed E-state index contributed by atoms with van der Waals surface area (Å²) in [7, 11) is -2.13. The molecule has 2 N–H and O–H groups in total. The van der Waals surface area contributed by atoms with Gasteiger partial charge in [0.2, 0.25) is 10.0 Å². The summed E-state index contributed by atoms with van der Waals surface area (Å²) >= 11 is 0. The van der Waals surface area contributed by atoms with Gasteiger partial charge in [0.1, 0.15) is 10.9 Å². The van der Waals surface area contributed by atoms with Crippen molar-refractivity contribution in [2.75, 3.05) is 0 Å². The standard InChI is InChI=1S/C16H22N2O4S/c1-4-5-9-13(16(19)20)17-23(21,22)15-11(2)18(3)14-10-7-6-8-12(14)15/h6-8,10,13,17H,4-5,9H2,1-3H3,(H,19,20)/t13-/m0/s1. The Morgan fingerprint density at radius 1 is 1.35 bits per heavy atom. The second kappa shape index (κ2) is 6.72. The van der Waals surface area contributed by atoms with Gasteiger partial charge in [-0.3, -0.25) is 4.79 Å². The number of fused-ring (bicyclic) bond motifs is 1. The van der Waals surface area contributed by atoms with Crippen LogP contribution in [0, 0.1) is 6.92 Å². The maximum absolute atomic E-state index is 12.8. The van der Waals surface area contributed by atoms with Crippen LogP contribution in [-0.4, -0.2) is 30.1 Å². The van der Waals surface area contributed by atoms with Crippen LogP contribution >= 0.6 is 0 Å². The van der Waals surface area contributed by atoms with Crippen LogP contribution in [0.2, 0.25) is 0 Å². The van der Waals surface area contributed by atoms with Crippen LogP contribution in [0.15, 0.2) is 29.2 Å². The summed E-state index contributed by atoms with van der Waals surface area (Å²) in [6, 6.07) is 6.07. The average molecular weight is 338 g/mol. The number of hydrogen-bond acceptors (Lipinski definition) is 3. The number of para-hydroxylation sites is 1. The van der Waals surface area contributed by atoms with Crippen LogP contribution in [0.25, 0.3) is 10.9 Å². The van der Waals surface area contributed by atoms with Crippen molar-refractivity contribution in [3.63, 3.8) is 0 Å². The third kappa shape index (κ3) is 3.40. The Bertz CT molecular complexity index is 824. The highest BCUT2D eigenvalue weighted by molar-refractivity contribution is 7.89. The summed E-state index contributed by atoms with van der Waals surface area (Å²) in [6.07, 6.45) is 1.72. The van der Waals surface area contributed by atoms with Crippen molar-refractivity contribution in [1.82, 2.24) is 9.29 Å². The minimum atomic E-state index is -3.92. The molecule has 0 saturated carbocycles. The van der Waals surface area contributed by atoms with E-state index in [9.17, 15) is 18.3 Å². The summed E-state index contributed by atoms with van der Waals surface area (Å²) < 4.78 is 29.7. The second-order valence-electron chi connectivity index (χ2n) is 5.65. The molecule has 1 atom stereocenters. The number of aromatic nitrogens is 1. The Morgan fingerprint density at radius 2 is 2.00 bits per heavy atom. The average Bonchev–Trinajstić information content (AvgIpc) is 2.76. The number of rotatable bonds is 7. The van der Waals surface area contributed by atoms with E-state index in [0.717, 1.165) is 11.9 Å². The van der Waals surface area contributed by atoms with E-state index >= 15 is 0 Å². The van der Waals surface area contributed by atoms with Gasteiger partial charge in [-0.2, -0.15) is 4.72 Å². The smallest absolute Gasteiger partial charge is 0.321 e. The van der Waals surface area contributed by atoms with Gasteiger partial charge in [-0.15, -0.1) is 0 Å². The Kier molecular flexibility index (Phi) is 5.11. The van der Waals surface area contributed by atoms with E-state index in [2.05, 4.69) is 4.72 Å². The summed E-state index contributed by atoms with van der Waals surface area (Å²) in [4.78, 5) is 11.5. The number of hydrogen-bond donors (Lipinski definition) is 2. The van der Waals surface area contributed by atoms with E-state index < -0.39 is 22.0 Å². The Labute approximate surface area is 136 Å². The molecule has 0 aliphatic heterocycles. The molecule has 7 heteroatoms. The van der Waals surface area contributed by atoms with Crippen molar-refractivity contribution in [3.8, 4) is 0 Å². The molecule has 2 rings (SSSR count). The number of aliphatic carboxylic acids is 1. The van der Waals surface area contributed by atoms with Gasteiger partial charge < -0.3 is 9.67 Å². The Balaban J connectivity index is 2.48. The van der Waals surface area contributed by atoms with Gasteiger partial charge in [0.15, 0.2) is 0 Å². The zero-order chi connectivity index (χ0) is 17.2. The van der Waals surface area contributed by atoms with Crippen LogP contribution < -0.4 is 4.72 Å². The van der Waals surface area contributed by atoms with Crippen molar-refractivity contribution in [2.45, 2.75) is 44.0 Å². The number of sulfonamides is 1. The topological polar surface area (TPSA) is 88.4 Å². The normalized spacial score (nSPS) is 13.3. The number of nitrogens with one attached hydrogen (secondary N) is 1. The zero-order valence-electron chi connectivity index (χ0n) is 13.5. The van der Waals surface area contributed by atoms with Gasteiger partial charge in [0.25, 0.3) is 0 Å². The van der Waals surface area contributed by atoms with E-state index in [0.29, 0.717) is 17.5 Å². The number of carboxylic acid groups (broad SMARTS) is 1. The van der Waals surface area contributed by atoms with Crippen molar-refractivity contribution in [3.05, 3.63) is 30.0 Å². The van der Waals surface area contributed by atoms with Gasteiger partial charge >= 0.3 is 5.97 Å². The van der Waals surface area contributed by atoms with Gasteiger partial charge in [-0.25, -0.2) is 8.42 Å². The lowest BCUT2D eigenvalue weighted by Crippen LogP contribution is -2.40. The van der Waals surface area contributed by atoms with Crippen LogP contribution in [-0.2, 0) is 21.9 Å². The van der Waals surface area contributed by atoms with Crippen LogP contribution in [0.1, 0.15) is 31.9 Å². The number of unbranched alkanes of at least 4 members (excludes halogenated alkanes) is 1. The third-order valence-corrected chi connectivity index (χ3v) is 5.70. The molecule has 0 radical (unpaired) electrons. The van der Waals surface area contributed by atoms with Crippen molar-refractivity contribution >= 4 is 26.9 Å². The SMILES string of the molecule is CCCC[C@H](NS(=O)(=O)c1c(C)n(C)c2ccccc12)C(=O)O. The fourth-order valence-corrected chi connectivity index (χ4v) is 4.41. The molecule has 126 valence electrons. The van der Waals surface area contributed by atoms with E-state index in [4.69, 9.17) is 0 Å². The van der Waals surface area contributed by atoms with Crippen molar-refractivity contribution < 1.29 is 18.3 Å². The molecule has 1 aromatic heterocycles. The predicted octanol–water partition coefficient (Wildman–Crippen LogP) is 2.41. The second-order valence-corrected chi connectivity index (χ2v) is 7.30. The minimum absolute atomic E-state index is 0.151. The first-order valence-corrected chi connectivity index (χ1v) is 9.07.